The fraction of sp³-hybridized carbons (Fsp3) is 0.944. The first-order valence-corrected chi connectivity index (χ1v) is 17.4. The van der Waals surface area contributed by atoms with Crippen LogP contribution in [0.15, 0.2) is 11.6 Å². The van der Waals surface area contributed by atoms with Crippen LogP contribution in [-0.4, -0.2) is 97.0 Å². The maximum atomic E-state index is 12.1. The predicted octanol–water partition coefficient (Wildman–Crippen LogP) is 3.30. The first-order valence-electron chi connectivity index (χ1n) is 17.4. The second-order valence-corrected chi connectivity index (χ2v) is 17.5. The van der Waals surface area contributed by atoms with Gasteiger partial charge in [-0.1, -0.05) is 46.3 Å². The fourth-order valence-corrected chi connectivity index (χ4v) is 11.9. The van der Waals surface area contributed by atoms with Crippen LogP contribution in [0.25, 0.3) is 0 Å². The van der Waals surface area contributed by atoms with Gasteiger partial charge in [-0.15, -0.1) is 0 Å². The zero-order valence-electron chi connectivity index (χ0n) is 28.8. The molecular weight excluding hydrogens is 576 g/mol. The van der Waals surface area contributed by atoms with E-state index in [2.05, 4.69) is 54.5 Å². The highest BCUT2D eigenvalue weighted by molar-refractivity contribution is 5.22. The van der Waals surface area contributed by atoms with Crippen LogP contribution in [0.5, 0.6) is 0 Å². The standard InChI is InChI=1S/C36H62O9/c1-19(2)10-9-13-36(8,43)20-11-15-34(6)26(20)21(38)16-24-33(5)14-12-25(39)32(3,4)30(33)22(17-35(24,34)7)44-31-29(42)28(41)27(40)23(18-37)45-31/h10,20-31,37-43H,9,11-18H2,1-8H3/t20-,21+,22-,23+,24+,25-,26?,27+,28-,29+,30-,31+,33+,34+,35+,36+/m0/s1. The first kappa shape index (κ1) is 35.7. The van der Waals surface area contributed by atoms with Gasteiger partial charge in [0.15, 0.2) is 6.29 Å². The van der Waals surface area contributed by atoms with Crippen molar-refractivity contribution < 1.29 is 45.2 Å². The highest BCUT2D eigenvalue weighted by atomic mass is 16.7. The number of allylic oxidation sites excluding steroid dienone is 2. The van der Waals surface area contributed by atoms with E-state index in [0.717, 1.165) is 25.7 Å². The van der Waals surface area contributed by atoms with Crippen LogP contribution in [0.1, 0.15) is 107 Å². The van der Waals surface area contributed by atoms with Gasteiger partial charge in [0.1, 0.15) is 24.4 Å². The largest absolute Gasteiger partial charge is 0.394 e. The van der Waals surface area contributed by atoms with Crippen LogP contribution in [-0.2, 0) is 9.47 Å². The zero-order valence-corrected chi connectivity index (χ0v) is 28.8. The molecule has 0 bridgehead atoms. The maximum absolute atomic E-state index is 12.1. The van der Waals surface area contributed by atoms with E-state index < -0.39 is 66.6 Å². The van der Waals surface area contributed by atoms with Crippen LogP contribution >= 0.6 is 0 Å². The van der Waals surface area contributed by atoms with Crippen LogP contribution in [0, 0.1) is 45.3 Å². The van der Waals surface area contributed by atoms with E-state index in [4.69, 9.17) is 9.47 Å². The third-order valence-corrected chi connectivity index (χ3v) is 14.4. The summed E-state index contributed by atoms with van der Waals surface area (Å²) in [6.45, 7) is 16.6. The molecule has 260 valence electrons. The van der Waals surface area contributed by atoms with Gasteiger partial charge in [0.05, 0.1) is 30.5 Å². The Hall–Kier alpha value is -0.620. The molecule has 5 fully saturated rings. The summed E-state index contributed by atoms with van der Waals surface area (Å²) in [7, 11) is 0. The Morgan fingerprint density at radius 3 is 2.22 bits per heavy atom. The number of ether oxygens (including phenoxy) is 2. The highest BCUT2D eigenvalue weighted by Crippen LogP contribution is 2.76. The van der Waals surface area contributed by atoms with E-state index in [9.17, 15) is 35.7 Å². The molecule has 0 aromatic carbocycles. The second kappa shape index (κ2) is 12.1. The summed E-state index contributed by atoms with van der Waals surface area (Å²) in [5.41, 5.74) is -1.21. The molecule has 0 radical (unpaired) electrons. The Kier molecular flexibility index (Phi) is 9.56. The van der Waals surface area contributed by atoms with E-state index in [1.165, 1.54) is 5.57 Å². The lowest BCUT2D eigenvalue weighted by atomic mass is 9.34. The SMILES string of the molecule is CC(C)=CCC[C@@](C)(O)[C@H]1CC[C@]2(C)C1[C@H](O)C[C@@H]1[C@@]3(C)CC[C@H](O)C(C)(C)[C@@H]3[C@@H](O[C@@H]3O[C@H](CO)[C@@H](O)[C@H](O)[C@H]3O)C[C@]12C. The van der Waals surface area contributed by atoms with E-state index in [1.54, 1.807) is 0 Å². The van der Waals surface area contributed by atoms with Crippen molar-refractivity contribution in [2.75, 3.05) is 6.61 Å². The number of hydrogen-bond donors (Lipinski definition) is 7. The van der Waals surface area contributed by atoms with E-state index in [1.807, 2.05) is 6.92 Å². The lowest BCUT2D eigenvalue weighted by Crippen LogP contribution is -2.71. The van der Waals surface area contributed by atoms with Crippen molar-refractivity contribution >= 4 is 0 Å². The van der Waals surface area contributed by atoms with Crippen molar-refractivity contribution in [1.29, 1.82) is 0 Å². The van der Waals surface area contributed by atoms with Gasteiger partial charge in [-0.25, -0.2) is 0 Å². The molecule has 0 aromatic rings. The van der Waals surface area contributed by atoms with Gasteiger partial charge in [0, 0.05) is 0 Å². The monoisotopic (exact) mass is 638 g/mol. The summed E-state index contributed by atoms with van der Waals surface area (Å²) < 4.78 is 12.6. The first-order chi connectivity index (χ1) is 20.8. The van der Waals surface area contributed by atoms with Crippen molar-refractivity contribution in [2.45, 2.75) is 161 Å². The molecule has 5 aliphatic rings. The Bertz CT molecular complexity index is 1100. The van der Waals surface area contributed by atoms with Crippen LogP contribution < -0.4 is 0 Å². The topological polar surface area (TPSA) is 160 Å². The number of fused-ring (bicyclic) bond motifs is 5. The molecule has 7 N–H and O–H groups in total. The van der Waals surface area contributed by atoms with Crippen LogP contribution in [0.2, 0.25) is 0 Å². The Labute approximate surface area is 270 Å². The van der Waals surface area contributed by atoms with Crippen molar-refractivity contribution in [3.8, 4) is 0 Å². The average Bonchev–Trinajstić information content (AvgIpc) is 3.33. The molecule has 0 spiro atoms. The van der Waals surface area contributed by atoms with E-state index >= 15 is 0 Å². The summed E-state index contributed by atoms with van der Waals surface area (Å²) in [5.74, 6) is -0.186. The quantitative estimate of drug-likeness (QED) is 0.164. The van der Waals surface area contributed by atoms with Crippen molar-refractivity contribution in [3.05, 3.63) is 11.6 Å². The predicted molar refractivity (Wildman–Crippen MR) is 170 cm³/mol. The molecule has 45 heavy (non-hydrogen) atoms. The second-order valence-electron chi connectivity index (χ2n) is 17.5. The Morgan fingerprint density at radius 1 is 0.933 bits per heavy atom. The lowest BCUT2D eigenvalue weighted by molar-refractivity contribution is -0.346. The van der Waals surface area contributed by atoms with Gasteiger partial charge in [-0.2, -0.15) is 0 Å². The van der Waals surface area contributed by atoms with E-state index in [0.29, 0.717) is 25.7 Å². The molecule has 1 aliphatic heterocycles. The Balaban J connectivity index is 1.54. The minimum Gasteiger partial charge on any atom is -0.394 e. The zero-order chi connectivity index (χ0) is 33.5. The number of aliphatic hydroxyl groups is 7. The molecule has 1 heterocycles. The van der Waals surface area contributed by atoms with Gasteiger partial charge in [-0.3, -0.25) is 0 Å². The molecular formula is C36H62O9. The molecule has 5 rings (SSSR count). The van der Waals surface area contributed by atoms with Crippen LogP contribution in [0.3, 0.4) is 0 Å². The smallest absolute Gasteiger partial charge is 0.186 e. The normalized spacial score (nSPS) is 52.2. The summed E-state index contributed by atoms with van der Waals surface area (Å²) >= 11 is 0. The Morgan fingerprint density at radius 2 is 1.60 bits per heavy atom. The minimum atomic E-state index is -1.54. The van der Waals surface area contributed by atoms with Gasteiger partial charge in [0.25, 0.3) is 0 Å². The summed E-state index contributed by atoms with van der Waals surface area (Å²) in [6, 6.07) is 0. The third kappa shape index (κ3) is 5.48. The number of rotatable bonds is 7. The summed E-state index contributed by atoms with van der Waals surface area (Å²) in [6.07, 6.45) is -0.603. The summed E-state index contributed by atoms with van der Waals surface area (Å²) in [5, 5.41) is 77.2. The van der Waals surface area contributed by atoms with E-state index in [-0.39, 0.29) is 39.9 Å². The van der Waals surface area contributed by atoms with Crippen molar-refractivity contribution in [2.24, 2.45) is 45.3 Å². The van der Waals surface area contributed by atoms with Gasteiger partial charge < -0.3 is 45.2 Å². The molecule has 0 amide bonds. The molecule has 1 saturated heterocycles. The van der Waals surface area contributed by atoms with Crippen molar-refractivity contribution in [1.82, 2.24) is 0 Å². The third-order valence-electron chi connectivity index (χ3n) is 14.4. The van der Waals surface area contributed by atoms with Gasteiger partial charge in [0.2, 0.25) is 0 Å². The van der Waals surface area contributed by atoms with Gasteiger partial charge in [-0.05, 0) is 117 Å². The number of aliphatic hydroxyl groups excluding tert-OH is 6. The van der Waals surface area contributed by atoms with Crippen LogP contribution in [0.4, 0.5) is 0 Å². The molecule has 9 heteroatoms. The molecule has 0 aromatic heterocycles. The lowest BCUT2D eigenvalue weighted by Gasteiger charge is -2.72. The molecule has 4 aliphatic carbocycles. The highest BCUT2D eigenvalue weighted by Gasteiger charge is 2.73. The molecule has 1 unspecified atom stereocenters. The fourth-order valence-electron chi connectivity index (χ4n) is 11.9. The van der Waals surface area contributed by atoms with Crippen molar-refractivity contribution in [3.63, 3.8) is 0 Å². The maximum Gasteiger partial charge on any atom is 0.186 e. The molecule has 4 saturated carbocycles. The molecule has 16 atom stereocenters. The minimum absolute atomic E-state index is 0.0548. The average molecular weight is 639 g/mol. The van der Waals surface area contributed by atoms with Gasteiger partial charge >= 0.3 is 0 Å². The number of hydrogen-bond acceptors (Lipinski definition) is 9. The molecule has 9 nitrogen and oxygen atoms in total. The summed E-state index contributed by atoms with van der Waals surface area (Å²) in [4.78, 5) is 0.